The molecule has 25 heavy (non-hydrogen) atoms. The first kappa shape index (κ1) is 17.2. The molecule has 0 spiro atoms. The van der Waals surface area contributed by atoms with E-state index in [0.717, 1.165) is 0 Å². The van der Waals surface area contributed by atoms with Gasteiger partial charge in [-0.2, -0.15) is 8.42 Å². The summed E-state index contributed by atoms with van der Waals surface area (Å²) in [6.07, 6.45) is 3.47. The van der Waals surface area contributed by atoms with Crippen molar-refractivity contribution in [1.82, 2.24) is 4.72 Å². The number of anilines is 1. The molecule has 2 aromatic carbocycles. The van der Waals surface area contributed by atoms with Crippen LogP contribution in [0.3, 0.4) is 0 Å². The van der Waals surface area contributed by atoms with E-state index in [1.807, 2.05) is 0 Å². The largest absolute Gasteiger partial charge is 0.506 e. The summed E-state index contributed by atoms with van der Waals surface area (Å²) in [5, 5.41) is 10.6. The molecule has 0 atom stereocenters. The lowest BCUT2D eigenvalue weighted by Crippen LogP contribution is -2.30. The Bertz CT molecular complexity index is 988. The fourth-order valence-electron chi connectivity index (χ4n) is 2.61. The first-order valence-electron chi connectivity index (χ1n) is 7.27. The number of benzene rings is 2. The Labute approximate surface area is 143 Å². The van der Waals surface area contributed by atoms with Gasteiger partial charge in [0.2, 0.25) is 0 Å². The van der Waals surface area contributed by atoms with E-state index in [4.69, 9.17) is 4.74 Å². The molecular formula is C16H15FN2O5S. The second kappa shape index (κ2) is 6.34. The van der Waals surface area contributed by atoms with Crippen molar-refractivity contribution in [3.8, 4) is 5.75 Å². The number of aromatic hydroxyl groups is 1. The Balaban J connectivity index is 2.15. The number of carbonyl (C=O) groups is 1. The van der Waals surface area contributed by atoms with E-state index < -0.39 is 39.9 Å². The van der Waals surface area contributed by atoms with Gasteiger partial charge in [-0.05, 0) is 23.1 Å². The van der Waals surface area contributed by atoms with Crippen LogP contribution in [0, 0.1) is 5.82 Å². The van der Waals surface area contributed by atoms with E-state index in [0.29, 0.717) is 21.9 Å². The Hall–Kier alpha value is -2.65. The molecule has 1 fully saturated rings. The molecule has 3 rings (SSSR count). The summed E-state index contributed by atoms with van der Waals surface area (Å²) in [5.41, 5.74) is 0.127. The van der Waals surface area contributed by atoms with Crippen molar-refractivity contribution in [2.24, 2.45) is 0 Å². The number of hydrogen-bond donors (Lipinski definition) is 2. The minimum Gasteiger partial charge on any atom is -0.506 e. The molecular weight excluding hydrogens is 351 g/mol. The van der Waals surface area contributed by atoms with E-state index in [2.05, 4.69) is 0 Å². The number of phenolic OH excluding ortho intramolecular Hbond substituents is 1. The van der Waals surface area contributed by atoms with Crippen molar-refractivity contribution >= 4 is 38.7 Å². The number of nitrogens with zero attached hydrogens (tertiary/aromatic N) is 1. The van der Waals surface area contributed by atoms with Gasteiger partial charge in [-0.25, -0.2) is 13.4 Å². The maximum absolute atomic E-state index is 15.0. The lowest BCUT2D eigenvalue weighted by atomic mass is 10.0. The molecule has 0 unspecified atom stereocenters. The minimum atomic E-state index is -4.23. The molecule has 1 amide bonds. The van der Waals surface area contributed by atoms with Crippen molar-refractivity contribution in [3.05, 3.63) is 41.7 Å². The van der Waals surface area contributed by atoms with Crippen LogP contribution in [0.15, 0.2) is 30.3 Å². The second-order valence-corrected chi connectivity index (χ2v) is 7.03. The average molecular weight is 366 g/mol. The molecule has 7 nitrogen and oxygen atoms in total. The normalized spacial score (nSPS) is 16.7. The Morgan fingerprint density at radius 1 is 1.40 bits per heavy atom. The topological polar surface area (TPSA) is 95.9 Å². The highest BCUT2D eigenvalue weighted by Crippen LogP contribution is 2.38. The third-order valence-electron chi connectivity index (χ3n) is 3.70. The molecule has 1 heterocycles. The first-order valence-corrected chi connectivity index (χ1v) is 8.71. The Morgan fingerprint density at radius 2 is 2.16 bits per heavy atom. The number of phenols is 1. The number of ether oxygens (including phenoxy) is 1. The van der Waals surface area contributed by atoms with E-state index in [1.165, 1.54) is 12.1 Å². The van der Waals surface area contributed by atoms with Crippen LogP contribution in [0.5, 0.6) is 5.75 Å². The maximum atomic E-state index is 15.0. The second-order valence-electron chi connectivity index (χ2n) is 5.43. The van der Waals surface area contributed by atoms with Crippen LogP contribution in [0.2, 0.25) is 0 Å². The smallest absolute Gasteiger partial charge is 0.326 e. The molecule has 0 bridgehead atoms. The van der Waals surface area contributed by atoms with Gasteiger partial charge in [0, 0.05) is 12.5 Å². The molecule has 2 aromatic rings. The highest BCUT2D eigenvalue weighted by molar-refractivity contribution is 7.92. The van der Waals surface area contributed by atoms with E-state index in [-0.39, 0.29) is 5.39 Å². The standard InChI is InChI=1S/C16H15FN2O5S/c1-24-6-2-3-10-4-5-11-8-13(20)16(15(17)12(11)7-10)19-9-14(21)18-25(19,22)23/h2-5,7-8,20H,6,9H2,1H3,(H,18,21)/b3-2+. The predicted octanol–water partition coefficient (Wildman–Crippen LogP) is 1.53. The summed E-state index contributed by atoms with van der Waals surface area (Å²) in [6, 6.07) is 6.12. The molecule has 2 N–H and O–H groups in total. The van der Waals surface area contributed by atoms with Crippen molar-refractivity contribution in [2.45, 2.75) is 0 Å². The van der Waals surface area contributed by atoms with Crippen molar-refractivity contribution in [3.63, 3.8) is 0 Å². The van der Waals surface area contributed by atoms with E-state index in [1.54, 1.807) is 36.1 Å². The number of carbonyl (C=O) groups excluding carboxylic acids is 1. The van der Waals surface area contributed by atoms with Gasteiger partial charge in [0.15, 0.2) is 5.82 Å². The maximum Gasteiger partial charge on any atom is 0.326 e. The van der Waals surface area contributed by atoms with Crippen LogP contribution in [-0.2, 0) is 19.7 Å². The minimum absolute atomic E-state index is 0.127. The third kappa shape index (κ3) is 3.15. The number of rotatable bonds is 4. The SMILES string of the molecule is COC/C=C/c1ccc2cc(O)c(N3CC(=O)NS3(=O)=O)c(F)c2c1. The van der Waals surface area contributed by atoms with Crippen LogP contribution < -0.4 is 9.03 Å². The fourth-order valence-corrected chi connectivity index (χ4v) is 3.78. The van der Waals surface area contributed by atoms with Gasteiger partial charge in [-0.15, -0.1) is 0 Å². The lowest BCUT2D eigenvalue weighted by Gasteiger charge is -2.18. The first-order chi connectivity index (χ1) is 11.8. The van der Waals surface area contributed by atoms with Gasteiger partial charge in [0.1, 0.15) is 18.0 Å². The summed E-state index contributed by atoms with van der Waals surface area (Å²) < 4.78 is 46.0. The predicted molar refractivity (Wildman–Crippen MR) is 90.9 cm³/mol. The molecule has 1 saturated heterocycles. The van der Waals surface area contributed by atoms with Crippen LogP contribution in [0.25, 0.3) is 16.8 Å². The molecule has 132 valence electrons. The van der Waals surface area contributed by atoms with Gasteiger partial charge in [-0.1, -0.05) is 24.3 Å². The van der Waals surface area contributed by atoms with Gasteiger partial charge in [0.25, 0.3) is 5.91 Å². The fraction of sp³-hybridized carbons (Fsp3) is 0.188. The number of halogens is 1. The molecule has 0 aliphatic carbocycles. The highest BCUT2D eigenvalue weighted by Gasteiger charge is 2.37. The molecule has 1 aliphatic rings. The van der Waals surface area contributed by atoms with Gasteiger partial charge >= 0.3 is 10.2 Å². The number of hydrogen-bond acceptors (Lipinski definition) is 5. The zero-order valence-corrected chi connectivity index (χ0v) is 14.0. The van der Waals surface area contributed by atoms with Crippen LogP contribution in [0.4, 0.5) is 10.1 Å². The summed E-state index contributed by atoms with van der Waals surface area (Å²) in [6.45, 7) is -0.201. The number of methoxy groups -OCH3 is 1. The summed E-state index contributed by atoms with van der Waals surface area (Å²) in [7, 11) is -2.68. The van der Waals surface area contributed by atoms with Crippen LogP contribution in [-0.4, -0.2) is 39.7 Å². The van der Waals surface area contributed by atoms with Gasteiger partial charge in [-0.3, -0.25) is 4.79 Å². The molecule has 0 aromatic heterocycles. The molecule has 0 radical (unpaired) electrons. The number of fused-ring (bicyclic) bond motifs is 1. The lowest BCUT2D eigenvalue weighted by molar-refractivity contribution is -0.117. The van der Waals surface area contributed by atoms with Gasteiger partial charge < -0.3 is 9.84 Å². The van der Waals surface area contributed by atoms with Crippen molar-refractivity contribution in [2.75, 3.05) is 24.6 Å². The van der Waals surface area contributed by atoms with E-state index in [9.17, 15) is 22.7 Å². The summed E-state index contributed by atoms with van der Waals surface area (Å²) in [4.78, 5) is 11.4. The number of amides is 1. The van der Waals surface area contributed by atoms with Crippen molar-refractivity contribution < 1.29 is 27.4 Å². The monoisotopic (exact) mass is 366 g/mol. The molecule has 9 heteroatoms. The van der Waals surface area contributed by atoms with Crippen molar-refractivity contribution in [1.29, 1.82) is 0 Å². The molecule has 1 aliphatic heterocycles. The Morgan fingerprint density at radius 3 is 2.80 bits per heavy atom. The third-order valence-corrected chi connectivity index (χ3v) is 5.08. The number of nitrogens with one attached hydrogen (secondary N) is 1. The average Bonchev–Trinajstić information content (AvgIpc) is 2.81. The Kier molecular flexibility index (Phi) is 4.36. The van der Waals surface area contributed by atoms with Crippen LogP contribution >= 0.6 is 0 Å². The summed E-state index contributed by atoms with van der Waals surface area (Å²) in [5.74, 6) is -2.28. The molecule has 0 saturated carbocycles. The zero-order chi connectivity index (χ0) is 18.2. The highest BCUT2D eigenvalue weighted by atomic mass is 32.2. The van der Waals surface area contributed by atoms with Gasteiger partial charge in [0.05, 0.1) is 6.61 Å². The summed E-state index contributed by atoms with van der Waals surface area (Å²) >= 11 is 0. The quantitative estimate of drug-likeness (QED) is 0.855. The van der Waals surface area contributed by atoms with E-state index >= 15 is 0 Å². The van der Waals surface area contributed by atoms with Crippen LogP contribution in [0.1, 0.15) is 5.56 Å². The zero-order valence-electron chi connectivity index (χ0n) is 13.2.